The predicted molar refractivity (Wildman–Crippen MR) is 119 cm³/mol. The number of hydrogen-bond acceptors (Lipinski definition) is 6. The molecular formula is C24H23F3N6O. The molecule has 4 heterocycles. The normalized spacial score (nSPS) is 21.6. The van der Waals surface area contributed by atoms with Crippen molar-refractivity contribution in [1.82, 2.24) is 24.8 Å². The van der Waals surface area contributed by atoms with Crippen LogP contribution in [-0.4, -0.2) is 49.9 Å². The monoisotopic (exact) mass is 468 g/mol. The molecule has 3 atom stereocenters. The van der Waals surface area contributed by atoms with Gasteiger partial charge in [-0.1, -0.05) is 0 Å². The molecule has 1 saturated carbocycles. The lowest BCUT2D eigenvalue weighted by Gasteiger charge is -2.36. The Morgan fingerprint density at radius 1 is 1.09 bits per heavy atom. The molecule has 7 nitrogen and oxygen atoms in total. The first kappa shape index (κ1) is 22.2. The van der Waals surface area contributed by atoms with Crippen molar-refractivity contribution in [3.63, 3.8) is 0 Å². The molecule has 0 spiro atoms. The minimum Gasteiger partial charge on any atom is -0.368 e. The molecule has 176 valence electrons. The molecule has 34 heavy (non-hydrogen) atoms. The smallest absolute Gasteiger partial charge is 0.368 e. The van der Waals surface area contributed by atoms with Crippen LogP contribution in [-0.2, 0) is 6.18 Å². The molecule has 5 rings (SSSR count). The van der Waals surface area contributed by atoms with E-state index in [-0.39, 0.29) is 11.9 Å². The lowest BCUT2D eigenvalue weighted by molar-refractivity contribution is -0.137. The van der Waals surface area contributed by atoms with Gasteiger partial charge in [-0.15, -0.1) is 0 Å². The number of aromatic nitrogens is 4. The Kier molecular flexibility index (Phi) is 5.66. The van der Waals surface area contributed by atoms with E-state index in [0.717, 1.165) is 25.1 Å². The van der Waals surface area contributed by atoms with Crippen molar-refractivity contribution in [2.45, 2.75) is 32.0 Å². The minimum absolute atomic E-state index is 0.132. The fourth-order valence-electron chi connectivity index (χ4n) is 4.51. The number of rotatable bonds is 5. The van der Waals surface area contributed by atoms with Gasteiger partial charge in [0.15, 0.2) is 5.82 Å². The van der Waals surface area contributed by atoms with Crippen LogP contribution in [0.2, 0.25) is 0 Å². The molecule has 3 unspecified atom stereocenters. The van der Waals surface area contributed by atoms with Crippen molar-refractivity contribution in [3.05, 3.63) is 65.9 Å². The van der Waals surface area contributed by atoms with Gasteiger partial charge < -0.3 is 10.2 Å². The van der Waals surface area contributed by atoms with Gasteiger partial charge in [0, 0.05) is 43.4 Å². The summed E-state index contributed by atoms with van der Waals surface area (Å²) in [6, 6.07) is 7.52. The third-order valence-corrected chi connectivity index (χ3v) is 6.43. The zero-order valence-corrected chi connectivity index (χ0v) is 18.5. The maximum atomic E-state index is 13.7. The predicted octanol–water partition coefficient (Wildman–Crippen LogP) is 4.22. The highest BCUT2D eigenvalue weighted by Crippen LogP contribution is 2.47. The summed E-state index contributed by atoms with van der Waals surface area (Å²) in [6.45, 7) is 2.84. The van der Waals surface area contributed by atoms with Crippen LogP contribution in [0, 0.1) is 18.8 Å². The molecule has 1 aliphatic heterocycles. The van der Waals surface area contributed by atoms with Crippen LogP contribution in [0.4, 0.5) is 19.0 Å². The largest absolute Gasteiger partial charge is 0.417 e. The Morgan fingerprint density at radius 3 is 2.59 bits per heavy atom. The number of nitrogens with zero attached hydrogens (tertiary/aromatic N) is 5. The van der Waals surface area contributed by atoms with Gasteiger partial charge in [-0.3, -0.25) is 4.79 Å². The first-order valence-corrected chi connectivity index (χ1v) is 11.1. The first-order chi connectivity index (χ1) is 16.3. The maximum absolute atomic E-state index is 13.7. The summed E-state index contributed by atoms with van der Waals surface area (Å²) < 4.78 is 38.4. The van der Waals surface area contributed by atoms with E-state index in [0.29, 0.717) is 53.5 Å². The molecule has 1 N–H and O–H groups in total. The molecular weight excluding hydrogens is 445 g/mol. The van der Waals surface area contributed by atoms with E-state index in [9.17, 15) is 18.0 Å². The van der Waals surface area contributed by atoms with E-state index < -0.39 is 11.7 Å². The summed E-state index contributed by atoms with van der Waals surface area (Å²) in [5, 5.41) is 3.11. The number of amides is 1. The number of aryl methyl sites for hydroxylation is 1. The van der Waals surface area contributed by atoms with E-state index in [2.05, 4.69) is 25.3 Å². The second-order valence-electron chi connectivity index (χ2n) is 8.83. The Bertz CT molecular complexity index is 1190. The number of hydrogen-bond donors (Lipinski definition) is 1. The highest BCUT2D eigenvalue weighted by Gasteiger charge is 2.47. The summed E-state index contributed by atoms with van der Waals surface area (Å²) in [5.74, 6) is 1.63. The zero-order chi connectivity index (χ0) is 23.9. The van der Waals surface area contributed by atoms with Crippen molar-refractivity contribution in [2.75, 3.05) is 18.4 Å². The van der Waals surface area contributed by atoms with Crippen LogP contribution in [0.3, 0.4) is 0 Å². The molecule has 1 aliphatic carbocycles. The van der Waals surface area contributed by atoms with E-state index >= 15 is 0 Å². The van der Waals surface area contributed by atoms with Gasteiger partial charge in [0.05, 0.1) is 11.1 Å². The molecule has 3 aromatic heterocycles. The number of carbonyl (C=O) groups excluding carboxylic acids is 1. The molecule has 3 aromatic rings. The molecule has 10 heteroatoms. The van der Waals surface area contributed by atoms with Gasteiger partial charge in [0.25, 0.3) is 5.91 Å². The highest BCUT2D eigenvalue weighted by molar-refractivity contribution is 5.98. The molecule has 2 aliphatic rings. The molecule has 0 aromatic carbocycles. The number of carbonyl (C=O) groups is 1. The van der Waals surface area contributed by atoms with E-state index in [1.54, 1.807) is 18.5 Å². The second kappa shape index (κ2) is 8.66. The lowest BCUT2D eigenvalue weighted by atomic mass is 10.00. The Labute approximate surface area is 194 Å². The Hall–Kier alpha value is -3.56. The van der Waals surface area contributed by atoms with Gasteiger partial charge in [0.1, 0.15) is 11.5 Å². The lowest BCUT2D eigenvalue weighted by Crippen LogP contribution is -2.48. The number of alkyl halides is 3. The number of halogens is 3. The van der Waals surface area contributed by atoms with Crippen molar-refractivity contribution in [2.24, 2.45) is 11.8 Å². The Balaban J connectivity index is 1.37. The van der Waals surface area contributed by atoms with Crippen LogP contribution in [0.15, 0.2) is 48.9 Å². The average Bonchev–Trinajstić information content (AvgIpc) is 3.60. The number of pyridine rings is 2. The fourth-order valence-corrected chi connectivity index (χ4v) is 4.51. The van der Waals surface area contributed by atoms with E-state index in [1.807, 2.05) is 24.0 Å². The third-order valence-electron chi connectivity index (χ3n) is 6.43. The Morgan fingerprint density at radius 2 is 1.88 bits per heavy atom. The molecule has 1 saturated heterocycles. The molecule has 1 amide bonds. The van der Waals surface area contributed by atoms with Crippen LogP contribution >= 0.6 is 0 Å². The van der Waals surface area contributed by atoms with Crippen molar-refractivity contribution in [1.29, 1.82) is 0 Å². The number of piperidine rings is 1. The van der Waals surface area contributed by atoms with Crippen molar-refractivity contribution < 1.29 is 18.0 Å². The summed E-state index contributed by atoms with van der Waals surface area (Å²) in [7, 11) is 0. The number of nitrogens with one attached hydrogen (secondary N) is 1. The fraction of sp³-hybridized carbons (Fsp3) is 0.375. The molecule has 0 radical (unpaired) electrons. The van der Waals surface area contributed by atoms with Crippen LogP contribution in [0.25, 0.3) is 11.4 Å². The van der Waals surface area contributed by atoms with Crippen molar-refractivity contribution in [3.8, 4) is 11.4 Å². The standard InChI is InChI=1S/C24H23F3N6O/c1-14-3-5-19(22-28-7-2-8-29-22)21(32-14)23(34)33-13-16-9-15(16)10-18(33)12-31-20-6-4-17(11-30-20)24(25,26)27/h2-8,11,15-16,18H,9-10,12-13H2,1H3,(H,30,31). The third kappa shape index (κ3) is 4.57. The van der Waals surface area contributed by atoms with Crippen molar-refractivity contribution >= 4 is 11.7 Å². The van der Waals surface area contributed by atoms with Gasteiger partial charge >= 0.3 is 6.18 Å². The topological polar surface area (TPSA) is 83.9 Å². The zero-order valence-electron chi connectivity index (χ0n) is 18.5. The van der Waals surface area contributed by atoms with Gasteiger partial charge in [-0.25, -0.2) is 19.9 Å². The highest BCUT2D eigenvalue weighted by atomic mass is 19.4. The average molecular weight is 468 g/mol. The molecule has 2 fully saturated rings. The second-order valence-corrected chi connectivity index (χ2v) is 8.83. The maximum Gasteiger partial charge on any atom is 0.417 e. The minimum atomic E-state index is -4.43. The summed E-state index contributed by atoms with van der Waals surface area (Å²) in [5.41, 5.74) is 0.802. The van der Waals surface area contributed by atoms with Gasteiger partial charge in [-0.05, 0) is 61.9 Å². The summed E-state index contributed by atoms with van der Waals surface area (Å²) >= 11 is 0. The first-order valence-electron chi connectivity index (χ1n) is 11.1. The van der Waals surface area contributed by atoms with E-state index in [1.165, 1.54) is 6.07 Å². The molecule has 0 bridgehead atoms. The number of anilines is 1. The van der Waals surface area contributed by atoms with Crippen LogP contribution < -0.4 is 5.32 Å². The SMILES string of the molecule is Cc1ccc(-c2ncccn2)c(C(=O)N2CC3CC3CC2CNc2ccc(C(F)(F)F)cn2)n1. The van der Waals surface area contributed by atoms with Crippen LogP contribution in [0.1, 0.15) is 34.6 Å². The quantitative estimate of drug-likeness (QED) is 0.604. The van der Waals surface area contributed by atoms with E-state index in [4.69, 9.17) is 0 Å². The summed E-state index contributed by atoms with van der Waals surface area (Å²) in [6.07, 6.45) is 1.53. The summed E-state index contributed by atoms with van der Waals surface area (Å²) in [4.78, 5) is 32.6. The number of likely N-dealkylation sites (tertiary alicyclic amines) is 1. The van der Waals surface area contributed by atoms with Gasteiger partial charge in [-0.2, -0.15) is 13.2 Å². The van der Waals surface area contributed by atoms with Crippen LogP contribution in [0.5, 0.6) is 0 Å². The number of fused-ring (bicyclic) bond motifs is 1. The van der Waals surface area contributed by atoms with Gasteiger partial charge in [0.2, 0.25) is 0 Å².